The van der Waals surface area contributed by atoms with Crippen molar-refractivity contribution in [2.24, 2.45) is 11.3 Å². The highest BCUT2D eigenvalue weighted by atomic mass is 16.3. The second kappa shape index (κ2) is 7.13. The molecule has 1 amide bonds. The van der Waals surface area contributed by atoms with Crippen LogP contribution in [0.1, 0.15) is 65.7 Å². The van der Waals surface area contributed by atoms with Crippen LogP contribution in [0.5, 0.6) is 0 Å². The molecule has 0 aliphatic heterocycles. The zero-order valence-corrected chi connectivity index (χ0v) is 12.2. The van der Waals surface area contributed by atoms with Crippen molar-refractivity contribution in [1.29, 1.82) is 0 Å². The summed E-state index contributed by atoms with van der Waals surface area (Å²) in [4.78, 5) is 12.2. The highest BCUT2D eigenvalue weighted by Crippen LogP contribution is 2.28. The molecule has 3 atom stereocenters. The van der Waals surface area contributed by atoms with Gasteiger partial charge >= 0.3 is 0 Å². The van der Waals surface area contributed by atoms with Gasteiger partial charge in [-0.1, -0.05) is 33.6 Å². The lowest BCUT2D eigenvalue weighted by molar-refractivity contribution is -0.131. The van der Waals surface area contributed by atoms with Crippen LogP contribution in [0.3, 0.4) is 0 Å². The molecule has 0 aromatic heterocycles. The van der Waals surface area contributed by atoms with E-state index in [1.807, 2.05) is 0 Å². The first-order valence-electron chi connectivity index (χ1n) is 7.48. The standard InChI is InChI=1S/C15H29NO2/c1-4-9-15(3,5-2)14(18)16-11-12-7-6-8-13(17)10-12/h12-13,17H,4-11H2,1-3H3,(H,16,18)/t12-,13-,15-/m0/s1. The van der Waals surface area contributed by atoms with E-state index in [2.05, 4.69) is 26.1 Å². The Labute approximate surface area is 111 Å². The van der Waals surface area contributed by atoms with Crippen molar-refractivity contribution in [3.05, 3.63) is 0 Å². The van der Waals surface area contributed by atoms with E-state index in [0.717, 1.165) is 51.5 Å². The van der Waals surface area contributed by atoms with Crippen molar-refractivity contribution in [1.82, 2.24) is 5.32 Å². The maximum absolute atomic E-state index is 12.2. The average molecular weight is 255 g/mol. The number of amides is 1. The van der Waals surface area contributed by atoms with Crippen LogP contribution in [0.2, 0.25) is 0 Å². The Morgan fingerprint density at radius 2 is 2.11 bits per heavy atom. The Kier molecular flexibility index (Phi) is 6.13. The van der Waals surface area contributed by atoms with E-state index >= 15 is 0 Å². The van der Waals surface area contributed by atoms with Crippen LogP contribution in [0.15, 0.2) is 0 Å². The molecular weight excluding hydrogens is 226 g/mol. The van der Waals surface area contributed by atoms with Gasteiger partial charge in [-0.15, -0.1) is 0 Å². The largest absolute Gasteiger partial charge is 0.393 e. The van der Waals surface area contributed by atoms with E-state index in [1.165, 1.54) is 0 Å². The number of carbonyl (C=O) groups is 1. The Morgan fingerprint density at radius 3 is 2.67 bits per heavy atom. The van der Waals surface area contributed by atoms with E-state index < -0.39 is 0 Å². The van der Waals surface area contributed by atoms with Gasteiger partial charge in [-0.25, -0.2) is 0 Å². The van der Waals surface area contributed by atoms with Gasteiger partial charge in [0.25, 0.3) is 0 Å². The van der Waals surface area contributed by atoms with E-state index in [0.29, 0.717) is 5.92 Å². The molecule has 0 aromatic rings. The fourth-order valence-electron chi connectivity index (χ4n) is 2.90. The summed E-state index contributed by atoms with van der Waals surface area (Å²) >= 11 is 0. The second-order valence-corrected chi connectivity index (χ2v) is 6.06. The summed E-state index contributed by atoms with van der Waals surface area (Å²) < 4.78 is 0. The Morgan fingerprint density at radius 1 is 1.39 bits per heavy atom. The van der Waals surface area contributed by atoms with E-state index in [1.54, 1.807) is 0 Å². The lowest BCUT2D eigenvalue weighted by Gasteiger charge is -2.30. The molecule has 0 heterocycles. The van der Waals surface area contributed by atoms with Crippen molar-refractivity contribution in [3.63, 3.8) is 0 Å². The quantitative estimate of drug-likeness (QED) is 0.766. The highest BCUT2D eigenvalue weighted by molar-refractivity contribution is 5.82. The van der Waals surface area contributed by atoms with Gasteiger partial charge in [0.1, 0.15) is 0 Å². The van der Waals surface area contributed by atoms with Crippen molar-refractivity contribution in [2.75, 3.05) is 6.54 Å². The molecule has 1 rings (SSSR count). The van der Waals surface area contributed by atoms with Crippen LogP contribution in [0, 0.1) is 11.3 Å². The van der Waals surface area contributed by atoms with E-state index in [9.17, 15) is 9.90 Å². The molecule has 1 aliphatic rings. The highest BCUT2D eigenvalue weighted by Gasteiger charge is 2.30. The summed E-state index contributed by atoms with van der Waals surface area (Å²) in [5.74, 6) is 0.646. The summed E-state index contributed by atoms with van der Waals surface area (Å²) in [6, 6.07) is 0. The maximum Gasteiger partial charge on any atom is 0.225 e. The molecular formula is C15H29NO2. The van der Waals surface area contributed by atoms with Crippen molar-refractivity contribution in [3.8, 4) is 0 Å². The SMILES string of the molecule is CCC[C@](C)(CC)C(=O)NC[C@H]1CCC[C@H](O)C1. The van der Waals surface area contributed by atoms with Crippen LogP contribution < -0.4 is 5.32 Å². The summed E-state index contributed by atoms with van der Waals surface area (Å²) in [6.45, 7) is 7.00. The minimum Gasteiger partial charge on any atom is -0.393 e. The van der Waals surface area contributed by atoms with Gasteiger partial charge in [-0.05, 0) is 38.0 Å². The molecule has 2 N–H and O–H groups in total. The fourth-order valence-corrected chi connectivity index (χ4v) is 2.90. The second-order valence-electron chi connectivity index (χ2n) is 6.06. The predicted molar refractivity (Wildman–Crippen MR) is 74.3 cm³/mol. The predicted octanol–water partition coefficient (Wildman–Crippen LogP) is 2.87. The monoisotopic (exact) mass is 255 g/mol. The molecule has 106 valence electrons. The summed E-state index contributed by atoms with van der Waals surface area (Å²) in [5, 5.41) is 12.7. The molecule has 0 saturated heterocycles. The van der Waals surface area contributed by atoms with E-state index in [-0.39, 0.29) is 17.4 Å². The van der Waals surface area contributed by atoms with Crippen LogP contribution in [0.25, 0.3) is 0 Å². The Balaban J connectivity index is 2.39. The third-order valence-corrected chi connectivity index (χ3v) is 4.44. The number of hydrogen-bond donors (Lipinski definition) is 2. The molecule has 0 spiro atoms. The molecule has 0 bridgehead atoms. The molecule has 0 aromatic carbocycles. The van der Waals surface area contributed by atoms with Crippen LogP contribution in [-0.2, 0) is 4.79 Å². The smallest absolute Gasteiger partial charge is 0.225 e. The first-order chi connectivity index (χ1) is 8.51. The molecule has 3 nitrogen and oxygen atoms in total. The molecule has 18 heavy (non-hydrogen) atoms. The van der Waals surface area contributed by atoms with Crippen molar-refractivity contribution >= 4 is 5.91 Å². The molecule has 1 aliphatic carbocycles. The third-order valence-electron chi connectivity index (χ3n) is 4.44. The number of carbonyl (C=O) groups excluding carboxylic acids is 1. The summed E-state index contributed by atoms with van der Waals surface area (Å²) in [6.07, 6.45) is 6.70. The zero-order chi connectivity index (χ0) is 13.6. The van der Waals surface area contributed by atoms with Gasteiger partial charge in [0.15, 0.2) is 0 Å². The normalized spacial score (nSPS) is 27.6. The average Bonchev–Trinajstić information content (AvgIpc) is 2.36. The third kappa shape index (κ3) is 4.27. The number of rotatable bonds is 6. The van der Waals surface area contributed by atoms with Crippen LogP contribution in [-0.4, -0.2) is 23.7 Å². The first-order valence-corrected chi connectivity index (χ1v) is 7.48. The number of aliphatic hydroxyl groups is 1. The van der Waals surface area contributed by atoms with Crippen LogP contribution >= 0.6 is 0 Å². The lowest BCUT2D eigenvalue weighted by Crippen LogP contribution is -2.41. The zero-order valence-electron chi connectivity index (χ0n) is 12.2. The number of nitrogens with one attached hydrogen (secondary N) is 1. The Bertz CT molecular complexity index is 267. The summed E-state index contributed by atoms with van der Waals surface area (Å²) in [7, 11) is 0. The Hall–Kier alpha value is -0.570. The fraction of sp³-hybridized carbons (Fsp3) is 0.933. The van der Waals surface area contributed by atoms with Gasteiger partial charge < -0.3 is 10.4 Å². The lowest BCUT2D eigenvalue weighted by atomic mass is 9.81. The van der Waals surface area contributed by atoms with Gasteiger partial charge in [-0.3, -0.25) is 4.79 Å². The maximum atomic E-state index is 12.2. The van der Waals surface area contributed by atoms with E-state index in [4.69, 9.17) is 0 Å². The first kappa shape index (κ1) is 15.5. The van der Waals surface area contributed by atoms with Gasteiger partial charge in [0, 0.05) is 12.0 Å². The molecule has 1 saturated carbocycles. The summed E-state index contributed by atoms with van der Waals surface area (Å²) in [5.41, 5.74) is -0.220. The van der Waals surface area contributed by atoms with Crippen LogP contribution in [0.4, 0.5) is 0 Å². The molecule has 3 heteroatoms. The van der Waals surface area contributed by atoms with Crippen molar-refractivity contribution < 1.29 is 9.90 Å². The molecule has 1 fully saturated rings. The topological polar surface area (TPSA) is 49.3 Å². The number of hydrogen-bond acceptors (Lipinski definition) is 2. The van der Waals surface area contributed by atoms with Gasteiger partial charge in [0.2, 0.25) is 5.91 Å². The van der Waals surface area contributed by atoms with Gasteiger partial charge in [0.05, 0.1) is 6.10 Å². The number of aliphatic hydroxyl groups excluding tert-OH is 1. The minimum atomic E-state index is -0.220. The molecule has 0 unspecified atom stereocenters. The molecule has 0 radical (unpaired) electrons. The van der Waals surface area contributed by atoms with Gasteiger partial charge in [-0.2, -0.15) is 0 Å². The minimum absolute atomic E-state index is 0.158. The van der Waals surface area contributed by atoms with Crippen molar-refractivity contribution in [2.45, 2.75) is 71.8 Å².